The van der Waals surface area contributed by atoms with Crippen molar-refractivity contribution in [3.8, 4) is 6.07 Å². The van der Waals surface area contributed by atoms with Crippen LogP contribution in [-0.4, -0.2) is 21.9 Å². The molecule has 3 rings (SSSR count). The summed E-state index contributed by atoms with van der Waals surface area (Å²) >= 11 is 0. The highest BCUT2D eigenvalue weighted by Crippen LogP contribution is 2.18. The predicted octanol–water partition coefficient (Wildman–Crippen LogP) is 3.55. The summed E-state index contributed by atoms with van der Waals surface area (Å²) in [4.78, 5) is 23.7. The third-order valence-electron chi connectivity index (χ3n) is 3.73. The van der Waals surface area contributed by atoms with E-state index in [4.69, 9.17) is 5.26 Å². The largest absolute Gasteiger partial charge is 0.338 e. The molecule has 0 bridgehead atoms. The Morgan fingerprint density at radius 1 is 1.00 bits per heavy atom. The maximum Gasteiger partial charge on any atom is 0.276 e. The maximum absolute atomic E-state index is 12.3. The van der Waals surface area contributed by atoms with Crippen molar-refractivity contribution in [1.29, 1.82) is 5.26 Å². The summed E-state index contributed by atoms with van der Waals surface area (Å²) in [5.74, 6) is -0.112. The summed E-state index contributed by atoms with van der Waals surface area (Å²) in [6.07, 6.45) is 0. The molecule has 1 amide bonds. The second-order valence-corrected chi connectivity index (χ2v) is 5.68. The number of nitrogens with one attached hydrogen (secondary N) is 2. The van der Waals surface area contributed by atoms with Crippen LogP contribution in [-0.2, 0) is 0 Å². The molecule has 0 radical (unpaired) electrons. The lowest BCUT2D eigenvalue weighted by molar-refractivity contribution is 0.100. The van der Waals surface area contributed by atoms with E-state index in [-0.39, 0.29) is 11.5 Å². The first-order valence-electron chi connectivity index (χ1n) is 8.09. The number of ketones is 1. The third kappa shape index (κ3) is 4.32. The summed E-state index contributed by atoms with van der Waals surface area (Å²) < 4.78 is 0. The van der Waals surface area contributed by atoms with Gasteiger partial charge in [0.1, 0.15) is 6.07 Å². The van der Waals surface area contributed by atoms with Crippen LogP contribution in [0.3, 0.4) is 0 Å². The van der Waals surface area contributed by atoms with Crippen molar-refractivity contribution in [2.75, 3.05) is 10.6 Å². The molecule has 7 nitrogen and oxygen atoms in total. The lowest BCUT2D eigenvalue weighted by atomic mass is 10.1. The Kier molecular flexibility index (Phi) is 5.19. The number of carbonyl (C=O) groups is 2. The van der Waals surface area contributed by atoms with Crippen molar-refractivity contribution in [2.45, 2.75) is 6.92 Å². The van der Waals surface area contributed by atoms with Crippen LogP contribution in [0, 0.1) is 11.3 Å². The molecule has 2 aromatic carbocycles. The predicted molar refractivity (Wildman–Crippen MR) is 101 cm³/mol. The van der Waals surface area contributed by atoms with Gasteiger partial charge in [0, 0.05) is 11.3 Å². The zero-order chi connectivity index (χ0) is 19.2. The molecule has 0 atom stereocenters. The van der Waals surface area contributed by atoms with Gasteiger partial charge in [0.15, 0.2) is 17.3 Å². The van der Waals surface area contributed by atoms with E-state index in [0.29, 0.717) is 28.3 Å². The van der Waals surface area contributed by atoms with Gasteiger partial charge in [-0.05, 0) is 43.3 Å². The normalized spacial score (nSPS) is 9.93. The molecular weight excluding hydrogens is 342 g/mol. The van der Waals surface area contributed by atoms with E-state index in [1.165, 1.54) is 13.0 Å². The molecule has 0 aliphatic rings. The van der Waals surface area contributed by atoms with Crippen LogP contribution in [0.15, 0.2) is 60.7 Å². The standard InChI is InChI=1S/C20H15N5O2/c1-13(26)14-6-4-7-16(11-14)22-20(27)18-9-10-19(25-24-18)23-17-8-3-2-5-15(17)12-21/h2-11H,1H3,(H,22,27)(H,23,25). The highest BCUT2D eigenvalue weighted by atomic mass is 16.2. The van der Waals surface area contributed by atoms with Crippen LogP contribution in [0.4, 0.5) is 17.2 Å². The van der Waals surface area contributed by atoms with E-state index < -0.39 is 5.91 Å². The van der Waals surface area contributed by atoms with Crippen LogP contribution in [0.2, 0.25) is 0 Å². The van der Waals surface area contributed by atoms with Crippen LogP contribution in [0.25, 0.3) is 0 Å². The molecular formula is C20H15N5O2. The Hall–Kier alpha value is -4.05. The minimum Gasteiger partial charge on any atom is -0.338 e. The highest BCUT2D eigenvalue weighted by Gasteiger charge is 2.10. The van der Waals surface area contributed by atoms with Gasteiger partial charge in [0.05, 0.1) is 11.3 Å². The van der Waals surface area contributed by atoms with Gasteiger partial charge in [-0.25, -0.2) is 0 Å². The molecule has 1 heterocycles. The summed E-state index contributed by atoms with van der Waals surface area (Å²) in [6.45, 7) is 1.46. The zero-order valence-electron chi connectivity index (χ0n) is 14.4. The van der Waals surface area contributed by atoms with Gasteiger partial charge < -0.3 is 10.6 Å². The van der Waals surface area contributed by atoms with Gasteiger partial charge in [-0.3, -0.25) is 9.59 Å². The number of hydrogen-bond acceptors (Lipinski definition) is 6. The van der Waals surface area contributed by atoms with Gasteiger partial charge in [0.2, 0.25) is 0 Å². The molecule has 7 heteroatoms. The Labute approximate surface area is 155 Å². The van der Waals surface area contributed by atoms with Crippen molar-refractivity contribution in [1.82, 2.24) is 10.2 Å². The maximum atomic E-state index is 12.3. The number of anilines is 3. The third-order valence-corrected chi connectivity index (χ3v) is 3.73. The first-order chi connectivity index (χ1) is 13.1. The molecule has 27 heavy (non-hydrogen) atoms. The topological polar surface area (TPSA) is 108 Å². The lowest BCUT2D eigenvalue weighted by Crippen LogP contribution is -2.15. The van der Waals surface area contributed by atoms with Crippen LogP contribution >= 0.6 is 0 Å². The fourth-order valence-corrected chi connectivity index (χ4v) is 2.36. The molecule has 0 aliphatic carbocycles. The van der Waals surface area contributed by atoms with Crippen LogP contribution < -0.4 is 10.6 Å². The van der Waals surface area contributed by atoms with Gasteiger partial charge in [-0.15, -0.1) is 10.2 Å². The molecule has 1 aromatic heterocycles. The minimum atomic E-state index is -0.438. The monoisotopic (exact) mass is 357 g/mol. The van der Waals surface area contributed by atoms with Crippen LogP contribution in [0.1, 0.15) is 33.3 Å². The van der Waals surface area contributed by atoms with E-state index in [0.717, 1.165) is 0 Å². The molecule has 2 N–H and O–H groups in total. The second-order valence-electron chi connectivity index (χ2n) is 5.68. The molecule has 132 valence electrons. The first-order valence-corrected chi connectivity index (χ1v) is 8.09. The number of aromatic nitrogens is 2. The molecule has 0 fully saturated rings. The molecule has 0 saturated heterocycles. The van der Waals surface area contributed by atoms with Crippen molar-refractivity contribution in [2.24, 2.45) is 0 Å². The lowest BCUT2D eigenvalue weighted by Gasteiger charge is -2.08. The highest BCUT2D eigenvalue weighted by molar-refractivity contribution is 6.03. The number of benzene rings is 2. The number of rotatable bonds is 5. The fraction of sp³-hybridized carbons (Fsp3) is 0.0500. The van der Waals surface area contributed by atoms with Crippen molar-refractivity contribution >= 4 is 28.9 Å². The average molecular weight is 357 g/mol. The van der Waals surface area contributed by atoms with Crippen LogP contribution in [0.5, 0.6) is 0 Å². The Bertz CT molecular complexity index is 1040. The number of nitriles is 1. The van der Waals surface area contributed by atoms with E-state index >= 15 is 0 Å². The molecule has 0 aliphatic heterocycles. The quantitative estimate of drug-likeness (QED) is 0.676. The Morgan fingerprint density at radius 3 is 2.52 bits per heavy atom. The molecule has 3 aromatic rings. The summed E-state index contributed by atoms with van der Waals surface area (Å²) in [5, 5.41) is 22.7. The van der Waals surface area contributed by atoms with Crippen molar-refractivity contribution in [3.05, 3.63) is 77.5 Å². The second kappa shape index (κ2) is 7.89. The summed E-state index contributed by atoms with van der Waals surface area (Å²) in [6, 6.07) is 18.9. The van der Waals surface area contributed by atoms with Crippen molar-refractivity contribution < 1.29 is 9.59 Å². The number of hydrogen-bond donors (Lipinski definition) is 2. The SMILES string of the molecule is CC(=O)c1cccc(NC(=O)c2ccc(Nc3ccccc3C#N)nn2)c1. The fourth-order valence-electron chi connectivity index (χ4n) is 2.36. The number of amides is 1. The van der Waals surface area contributed by atoms with E-state index in [1.807, 2.05) is 0 Å². The van der Waals surface area contributed by atoms with Gasteiger partial charge >= 0.3 is 0 Å². The number of nitrogens with zero attached hydrogens (tertiary/aromatic N) is 3. The first kappa shape index (κ1) is 17.8. The average Bonchev–Trinajstić information content (AvgIpc) is 2.69. The zero-order valence-corrected chi connectivity index (χ0v) is 14.4. The molecule has 0 saturated carbocycles. The Morgan fingerprint density at radius 2 is 1.81 bits per heavy atom. The minimum absolute atomic E-state index is 0.0843. The van der Waals surface area contributed by atoms with E-state index in [9.17, 15) is 9.59 Å². The van der Waals surface area contributed by atoms with E-state index in [1.54, 1.807) is 54.6 Å². The number of para-hydroxylation sites is 1. The smallest absolute Gasteiger partial charge is 0.276 e. The number of Topliss-reactive ketones (excluding diaryl/α,β-unsaturated/α-hetero) is 1. The molecule has 0 spiro atoms. The summed E-state index contributed by atoms with van der Waals surface area (Å²) in [5.41, 5.74) is 2.22. The van der Waals surface area contributed by atoms with Gasteiger partial charge in [-0.2, -0.15) is 5.26 Å². The molecule has 0 unspecified atom stereocenters. The Balaban J connectivity index is 1.71. The van der Waals surface area contributed by atoms with Crippen molar-refractivity contribution in [3.63, 3.8) is 0 Å². The summed E-state index contributed by atoms with van der Waals surface area (Å²) in [7, 11) is 0. The van der Waals surface area contributed by atoms with E-state index in [2.05, 4.69) is 26.9 Å². The number of carbonyl (C=O) groups excluding carboxylic acids is 2. The van der Waals surface area contributed by atoms with Gasteiger partial charge in [-0.1, -0.05) is 24.3 Å². The van der Waals surface area contributed by atoms with Gasteiger partial charge in [0.25, 0.3) is 5.91 Å².